The molecule has 0 spiro atoms. The van der Waals surface area contributed by atoms with E-state index in [1.165, 1.54) is 0 Å². The number of hydrogen-bond donors (Lipinski definition) is 1. The molecule has 1 amide bonds. The third-order valence-electron chi connectivity index (χ3n) is 8.10. The highest BCUT2D eigenvalue weighted by Gasteiger charge is 2.44. The van der Waals surface area contributed by atoms with Crippen LogP contribution in [-0.4, -0.2) is 40.7 Å². The average Bonchev–Trinajstić information content (AvgIpc) is 2.85. The molecule has 1 N–H and O–H groups in total. The quantitative estimate of drug-likeness (QED) is 0.515. The van der Waals surface area contributed by atoms with E-state index in [2.05, 4.69) is 0 Å². The van der Waals surface area contributed by atoms with Gasteiger partial charge in [-0.15, -0.1) is 0 Å². The normalized spacial score (nSPS) is 22.8. The standard InChI is InChI=1S/C30H35NO5/c1-19-15-25(35-21(3)28(32)31-14-13-30(34)12-8-7-11-23(30)18-31)27-20(2)24(29(33)36-26(27)16-19)17-22-9-5-4-6-10-22/h4-6,9-10,15-16,21,23,34H,7-8,11-14,17-18H2,1-3H3/t21-,23-,30+/m1/s1. The molecule has 1 saturated heterocycles. The second-order valence-electron chi connectivity index (χ2n) is 10.6. The molecule has 2 aliphatic rings. The summed E-state index contributed by atoms with van der Waals surface area (Å²) in [4.78, 5) is 28.1. The van der Waals surface area contributed by atoms with Crippen LogP contribution in [0.25, 0.3) is 11.0 Å². The minimum absolute atomic E-state index is 0.0724. The molecule has 3 aromatic rings. The van der Waals surface area contributed by atoms with Gasteiger partial charge in [-0.25, -0.2) is 4.79 Å². The minimum atomic E-state index is -0.700. The largest absolute Gasteiger partial charge is 0.480 e. The van der Waals surface area contributed by atoms with Crippen LogP contribution in [-0.2, 0) is 11.2 Å². The highest BCUT2D eigenvalue weighted by Crippen LogP contribution is 2.40. The van der Waals surface area contributed by atoms with Gasteiger partial charge >= 0.3 is 5.63 Å². The first kappa shape index (κ1) is 24.6. The fourth-order valence-corrected chi connectivity index (χ4v) is 6.00. The van der Waals surface area contributed by atoms with E-state index in [0.717, 1.165) is 47.8 Å². The highest BCUT2D eigenvalue weighted by molar-refractivity contribution is 5.89. The van der Waals surface area contributed by atoms with E-state index in [1.54, 1.807) is 6.92 Å². The minimum Gasteiger partial charge on any atom is -0.480 e. The SMILES string of the molecule is Cc1cc(O[C@H](C)C(=O)N2CC[C@@]3(O)CCCC[C@@H]3C2)c2c(C)c(Cc3ccccc3)c(=O)oc2c1. The Hall–Kier alpha value is -3.12. The number of amides is 1. The van der Waals surface area contributed by atoms with Crippen molar-refractivity contribution in [3.05, 3.63) is 75.1 Å². The first-order valence-corrected chi connectivity index (χ1v) is 13.0. The Kier molecular flexibility index (Phi) is 6.64. The van der Waals surface area contributed by atoms with E-state index in [0.29, 0.717) is 42.8 Å². The number of piperidine rings is 1. The number of nitrogens with zero attached hydrogens (tertiary/aromatic N) is 1. The predicted octanol–water partition coefficient (Wildman–Crippen LogP) is 4.92. The number of aryl methyl sites for hydroxylation is 2. The Morgan fingerprint density at radius 3 is 2.75 bits per heavy atom. The van der Waals surface area contributed by atoms with Gasteiger partial charge in [0.25, 0.3) is 5.91 Å². The summed E-state index contributed by atoms with van der Waals surface area (Å²) in [6, 6.07) is 13.6. The van der Waals surface area contributed by atoms with Crippen LogP contribution >= 0.6 is 0 Å². The Labute approximate surface area is 211 Å². The molecule has 36 heavy (non-hydrogen) atoms. The van der Waals surface area contributed by atoms with Gasteiger partial charge in [-0.1, -0.05) is 43.2 Å². The van der Waals surface area contributed by atoms with Crippen molar-refractivity contribution in [2.24, 2.45) is 5.92 Å². The maximum absolute atomic E-state index is 13.4. The number of hydrogen-bond acceptors (Lipinski definition) is 5. The van der Waals surface area contributed by atoms with E-state index in [9.17, 15) is 14.7 Å². The highest BCUT2D eigenvalue weighted by atomic mass is 16.5. The lowest BCUT2D eigenvalue weighted by Crippen LogP contribution is -2.56. The molecule has 0 radical (unpaired) electrons. The van der Waals surface area contributed by atoms with Crippen LogP contribution < -0.4 is 10.4 Å². The smallest absolute Gasteiger partial charge is 0.340 e. The molecule has 5 rings (SSSR count). The lowest BCUT2D eigenvalue weighted by Gasteiger charge is -2.47. The van der Waals surface area contributed by atoms with Gasteiger partial charge in [0.15, 0.2) is 6.10 Å². The number of carbonyl (C=O) groups is 1. The molecule has 0 bridgehead atoms. The zero-order chi connectivity index (χ0) is 25.4. The van der Waals surface area contributed by atoms with Gasteiger partial charge in [-0.05, 0) is 68.9 Å². The Morgan fingerprint density at radius 1 is 1.19 bits per heavy atom. The molecule has 6 heteroatoms. The molecular formula is C30H35NO5. The molecule has 2 heterocycles. The first-order chi connectivity index (χ1) is 17.2. The van der Waals surface area contributed by atoms with E-state index in [4.69, 9.17) is 9.15 Å². The van der Waals surface area contributed by atoms with Crippen molar-refractivity contribution < 1.29 is 19.1 Å². The van der Waals surface area contributed by atoms with Crippen LogP contribution in [0.2, 0.25) is 0 Å². The maximum Gasteiger partial charge on any atom is 0.340 e. The van der Waals surface area contributed by atoms with Gasteiger partial charge in [0.05, 0.1) is 11.0 Å². The molecule has 3 atom stereocenters. The van der Waals surface area contributed by atoms with Crippen molar-refractivity contribution in [1.29, 1.82) is 0 Å². The fourth-order valence-electron chi connectivity index (χ4n) is 6.00. The second-order valence-corrected chi connectivity index (χ2v) is 10.6. The molecular weight excluding hydrogens is 454 g/mol. The number of aliphatic hydroxyl groups is 1. The van der Waals surface area contributed by atoms with Gasteiger partial charge in [-0.2, -0.15) is 0 Å². The van der Waals surface area contributed by atoms with Gasteiger partial charge in [0.1, 0.15) is 11.3 Å². The monoisotopic (exact) mass is 489 g/mol. The van der Waals surface area contributed by atoms with Crippen LogP contribution in [0.3, 0.4) is 0 Å². The summed E-state index contributed by atoms with van der Waals surface area (Å²) < 4.78 is 12.0. The Balaban J connectivity index is 1.42. The molecule has 1 aliphatic carbocycles. The van der Waals surface area contributed by atoms with Crippen molar-refractivity contribution in [2.75, 3.05) is 13.1 Å². The van der Waals surface area contributed by atoms with Crippen LogP contribution in [0.15, 0.2) is 51.7 Å². The van der Waals surface area contributed by atoms with Crippen molar-refractivity contribution in [1.82, 2.24) is 4.90 Å². The van der Waals surface area contributed by atoms with E-state index in [1.807, 2.05) is 61.2 Å². The Morgan fingerprint density at radius 2 is 1.97 bits per heavy atom. The predicted molar refractivity (Wildman–Crippen MR) is 139 cm³/mol. The summed E-state index contributed by atoms with van der Waals surface area (Å²) >= 11 is 0. The molecule has 0 unspecified atom stereocenters. The molecule has 2 aromatic carbocycles. The van der Waals surface area contributed by atoms with Crippen LogP contribution in [0.5, 0.6) is 5.75 Å². The van der Waals surface area contributed by atoms with Crippen molar-refractivity contribution >= 4 is 16.9 Å². The summed E-state index contributed by atoms with van der Waals surface area (Å²) in [7, 11) is 0. The third kappa shape index (κ3) is 4.66. The lowest BCUT2D eigenvalue weighted by atomic mass is 9.71. The van der Waals surface area contributed by atoms with Gasteiger partial charge in [0, 0.05) is 31.0 Å². The van der Waals surface area contributed by atoms with E-state index < -0.39 is 11.7 Å². The summed E-state index contributed by atoms with van der Waals surface area (Å²) in [5.41, 5.74) is 2.81. The molecule has 190 valence electrons. The number of ether oxygens (including phenoxy) is 1. The van der Waals surface area contributed by atoms with Crippen molar-refractivity contribution in [2.45, 2.75) is 71.0 Å². The van der Waals surface area contributed by atoms with Gasteiger partial charge < -0.3 is 19.2 Å². The molecule has 2 fully saturated rings. The zero-order valence-electron chi connectivity index (χ0n) is 21.4. The molecule has 1 aliphatic heterocycles. The second kappa shape index (κ2) is 9.74. The summed E-state index contributed by atoms with van der Waals surface area (Å²) in [6.45, 7) is 6.73. The topological polar surface area (TPSA) is 80.0 Å². The molecule has 1 saturated carbocycles. The van der Waals surface area contributed by atoms with Gasteiger partial charge in [0.2, 0.25) is 0 Å². The van der Waals surface area contributed by atoms with Crippen LogP contribution in [0.4, 0.5) is 0 Å². The lowest BCUT2D eigenvalue weighted by molar-refractivity contribution is -0.149. The number of carbonyl (C=O) groups excluding carboxylic acids is 1. The number of rotatable bonds is 5. The number of benzene rings is 2. The fraction of sp³-hybridized carbons (Fsp3) is 0.467. The van der Waals surface area contributed by atoms with E-state index in [-0.39, 0.29) is 17.5 Å². The number of fused-ring (bicyclic) bond motifs is 2. The average molecular weight is 490 g/mol. The van der Waals surface area contributed by atoms with Crippen LogP contribution in [0.1, 0.15) is 61.3 Å². The maximum atomic E-state index is 13.4. The third-order valence-corrected chi connectivity index (χ3v) is 8.10. The van der Waals surface area contributed by atoms with Crippen molar-refractivity contribution in [3.8, 4) is 5.75 Å². The van der Waals surface area contributed by atoms with E-state index >= 15 is 0 Å². The summed E-state index contributed by atoms with van der Waals surface area (Å²) in [6.07, 6.45) is 4.33. The van der Waals surface area contributed by atoms with Gasteiger partial charge in [-0.3, -0.25) is 4.79 Å². The molecule has 6 nitrogen and oxygen atoms in total. The first-order valence-electron chi connectivity index (χ1n) is 13.0. The van der Waals surface area contributed by atoms with Crippen LogP contribution in [0, 0.1) is 19.8 Å². The summed E-state index contributed by atoms with van der Waals surface area (Å²) in [5, 5.41) is 11.7. The van der Waals surface area contributed by atoms with Crippen molar-refractivity contribution in [3.63, 3.8) is 0 Å². The Bertz CT molecular complexity index is 1330. The zero-order valence-corrected chi connectivity index (χ0v) is 21.4. The molecule has 1 aromatic heterocycles. The number of likely N-dealkylation sites (tertiary alicyclic amines) is 1. The summed E-state index contributed by atoms with van der Waals surface area (Å²) in [5.74, 6) is 0.609.